The van der Waals surface area contributed by atoms with Gasteiger partial charge in [-0.3, -0.25) is 9.59 Å². The number of carboxylic acids is 1. The molecule has 4 nitrogen and oxygen atoms in total. The summed E-state index contributed by atoms with van der Waals surface area (Å²) >= 11 is 0. The van der Waals surface area contributed by atoms with E-state index in [1.807, 2.05) is 0 Å². The highest BCUT2D eigenvalue weighted by Crippen LogP contribution is 2.44. The molecule has 0 bridgehead atoms. The van der Waals surface area contributed by atoms with Crippen molar-refractivity contribution in [2.24, 2.45) is 17.3 Å². The zero-order valence-corrected chi connectivity index (χ0v) is 11.0. The van der Waals surface area contributed by atoms with Gasteiger partial charge >= 0.3 is 5.97 Å². The van der Waals surface area contributed by atoms with E-state index in [-0.39, 0.29) is 23.7 Å². The van der Waals surface area contributed by atoms with Gasteiger partial charge < -0.3 is 10.4 Å². The maximum Gasteiger partial charge on any atom is 0.303 e. The van der Waals surface area contributed by atoms with Crippen molar-refractivity contribution in [1.82, 2.24) is 5.32 Å². The van der Waals surface area contributed by atoms with Crippen molar-refractivity contribution in [2.75, 3.05) is 6.54 Å². The normalized spacial score (nSPS) is 17.6. The molecule has 0 saturated heterocycles. The average molecular weight is 241 g/mol. The molecule has 1 unspecified atom stereocenters. The van der Waals surface area contributed by atoms with E-state index in [1.54, 1.807) is 6.92 Å². The maximum atomic E-state index is 11.6. The van der Waals surface area contributed by atoms with Crippen molar-refractivity contribution in [3.05, 3.63) is 0 Å². The highest BCUT2D eigenvalue weighted by molar-refractivity contribution is 5.77. The lowest BCUT2D eigenvalue weighted by molar-refractivity contribution is -0.138. The number of nitrogens with one attached hydrogen (secondary N) is 1. The van der Waals surface area contributed by atoms with E-state index in [0.717, 1.165) is 5.92 Å². The van der Waals surface area contributed by atoms with Crippen LogP contribution in [0.25, 0.3) is 0 Å². The average Bonchev–Trinajstić information content (AvgIpc) is 2.96. The van der Waals surface area contributed by atoms with Gasteiger partial charge in [0, 0.05) is 19.4 Å². The summed E-state index contributed by atoms with van der Waals surface area (Å²) in [5.41, 5.74) is 0.172. The van der Waals surface area contributed by atoms with Crippen LogP contribution in [0.1, 0.15) is 46.5 Å². The summed E-state index contributed by atoms with van der Waals surface area (Å²) in [6, 6.07) is 0. The highest BCUT2D eigenvalue weighted by Gasteiger charge is 2.37. The van der Waals surface area contributed by atoms with Crippen LogP contribution < -0.4 is 5.32 Å². The molecule has 0 heterocycles. The van der Waals surface area contributed by atoms with Gasteiger partial charge in [0.1, 0.15) is 0 Å². The maximum absolute atomic E-state index is 11.6. The van der Waals surface area contributed by atoms with Gasteiger partial charge in [-0.05, 0) is 30.1 Å². The van der Waals surface area contributed by atoms with Crippen molar-refractivity contribution in [1.29, 1.82) is 0 Å². The Morgan fingerprint density at radius 3 is 2.41 bits per heavy atom. The highest BCUT2D eigenvalue weighted by atomic mass is 16.4. The molecule has 1 rings (SSSR count). The molecule has 1 fully saturated rings. The molecule has 98 valence electrons. The van der Waals surface area contributed by atoms with Crippen LogP contribution >= 0.6 is 0 Å². The van der Waals surface area contributed by atoms with Crippen LogP contribution in [0.5, 0.6) is 0 Å². The third-order valence-corrected chi connectivity index (χ3v) is 3.48. The number of carbonyl (C=O) groups is 2. The molecular formula is C13H23NO3. The molecule has 4 heteroatoms. The zero-order chi connectivity index (χ0) is 13.1. The minimum atomic E-state index is -0.844. The van der Waals surface area contributed by atoms with Gasteiger partial charge in [0.2, 0.25) is 5.91 Å². The predicted octanol–water partition coefficient (Wildman–Crippen LogP) is 2.04. The third kappa shape index (κ3) is 5.20. The second-order valence-corrected chi connectivity index (χ2v) is 5.95. The van der Waals surface area contributed by atoms with Gasteiger partial charge in [0.15, 0.2) is 0 Å². The summed E-state index contributed by atoms with van der Waals surface area (Å²) < 4.78 is 0. The lowest BCUT2D eigenvalue weighted by Crippen LogP contribution is -2.35. The Morgan fingerprint density at radius 2 is 1.94 bits per heavy atom. The van der Waals surface area contributed by atoms with Crippen molar-refractivity contribution < 1.29 is 14.7 Å². The topological polar surface area (TPSA) is 66.4 Å². The molecule has 0 spiro atoms. The summed E-state index contributed by atoms with van der Waals surface area (Å²) in [6.07, 6.45) is 2.88. The van der Waals surface area contributed by atoms with Gasteiger partial charge in [0.25, 0.3) is 0 Å². The molecule has 0 aromatic heterocycles. The molecule has 2 N–H and O–H groups in total. The molecular weight excluding hydrogens is 218 g/mol. The van der Waals surface area contributed by atoms with Gasteiger partial charge in [0.05, 0.1) is 0 Å². The van der Waals surface area contributed by atoms with Crippen LogP contribution in [0, 0.1) is 17.3 Å². The van der Waals surface area contributed by atoms with E-state index in [1.165, 1.54) is 12.8 Å². The predicted molar refractivity (Wildman–Crippen MR) is 65.5 cm³/mol. The number of hydrogen-bond acceptors (Lipinski definition) is 2. The van der Waals surface area contributed by atoms with Crippen LogP contribution in [0.3, 0.4) is 0 Å². The largest absolute Gasteiger partial charge is 0.481 e. The van der Waals surface area contributed by atoms with Crippen molar-refractivity contribution in [2.45, 2.75) is 46.5 Å². The Balaban J connectivity index is 2.22. The first-order chi connectivity index (χ1) is 7.81. The smallest absolute Gasteiger partial charge is 0.303 e. The van der Waals surface area contributed by atoms with E-state index in [2.05, 4.69) is 19.2 Å². The van der Waals surface area contributed by atoms with Crippen LogP contribution in [0.2, 0.25) is 0 Å². The molecule has 1 aliphatic rings. The summed E-state index contributed by atoms with van der Waals surface area (Å²) in [6.45, 7) is 6.83. The number of amides is 1. The summed E-state index contributed by atoms with van der Waals surface area (Å²) in [7, 11) is 0. The molecule has 17 heavy (non-hydrogen) atoms. The molecule has 0 aromatic carbocycles. The van der Waals surface area contributed by atoms with Crippen LogP contribution in [-0.2, 0) is 9.59 Å². The molecule has 0 aliphatic heterocycles. The van der Waals surface area contributed by atoms with Gasteiger partial charge in [-0.1, -0.05) is 20.8 Å². The first-order valence-electron chi connectivity index (χ1n) is 6.30. The van der Waals surface area contributed by atoms with Gasteiger partial charge in [-0.2, -0.15) is 0 Å². The number of carbonyl (C=O) groups excluding carboxylic acids is 1. The molecule has 1 aliphatic carbocycles. The standard InChI is InChI=1S/C13H23NO3/c1-9(7-12(16)17)6-11(15)14-8-13(2,3)10-4-5-10/h9-10H,4-8H2,1-3H3,(H,14,15)(H,16,17). The molecule has 1 saturated carbocycles. The number of carboxylic acid groups (broad SMARTS) is 1. The van der Waals surface area contributed by atoms with E-state index >= 15 is 0 Å². The van der Waals surface area contributed by atoms with E-state index in [9.17, 15) is 9.59 Å². The van der Waals surface area contributed by atoms with Crippen LogP contribution in [0.4, 0.5) is 0 Å². The molecule has 1 amide bonds. The Morgan fingerprint density at radius 1 is 1.35 bits per heavy atom. The Kier molecular flexibility index (Phi) is 4.54. The summed E-state index contributed by atoms with van der Waals surface area (Å²) in [5.74, 6) is -0.244. The second kappa shape index (κ2) is 5.52. The summed E-state index contributed by atoms with van der Waals surface area (Å²) in [5, 5.41) is 11.5. The molecule has 0 radical (unpaired) electrons. The minimum Gasteiger partial charge on any atom is -0.481 e. The quantitative estimate of drug-likeness (QED) is 0.716. The van der Waals surface area contributed by atoms with Crippen LogP contribution in [-0.4, -0.2) is 23.5 Å². The fourth-order valence-electron chi connectivity index (χ4n) is 2.09. The Hall–Kier alpha value is -1.06. The van der Waals surface area contributed by atoms with Crippen molar-refractivity contribution >= 4 is 11.9 Å². The molecule has 0 aromatic rings. The lowest BCUT2D eigenvalue weighted by atomic mass is 9.87. The molecule has 1 atom stereocenters. The Bertz CT molecular complexity index is 295. The second-order valence-electron chi connectivity index (χ2n) is 5.95. The fourth-order valence-corrected chi connectivity index (χ4v) is 2.09. The van der Waals surface area contributed by atoms with E-state index < -0.39 is 5.97 Å². The number of rotatable bonds is 7. The monoisotopic (exact) mass is 241 g/mol. The first-order valence-corrected chi connectivity index (χ1v) is 6.30. The first kappa shape index (κ1) is 14.0. The Labute approximate surface area is 103 Å². The van der Waals surface area contributed by atoms with Crippen molar-refractivity contribution in [3.8, 4) is 0 Å². The lowest BCUT2D eigenvalue weighted by Gasteiger charge is -2.25. The SMILES string of the molecule is CC(CC(=O)O)CC(=O)NCC(C)(C)C1CC1. The third-order valence-electron chi connectivity index (χ3n) is 3.48. The van der Waals surface area contributed by atoms with Gasteiger partial charge in [-0.15, -0.1) is 0 Å². The zero-order valence-electron chi connectivity index (χ0n) is 11.0. The van der Waals surface area contributed by atoms with E-state index in [0.29, 0.717) is 13.0 Å². The fraction of sp³-hybridized carbons (Fsp3) is 0.846. The van der Waals surface area contributed by atoms with Crippen LogP contribution in [0.15, 0.2) is 0 Å². The van der Waals surface area contributed by atoms with Gasteiger partial charge in [-0.25, -0.2) is 0 Å². The van der Waals surface area contributed by atoms with Crippen molar-refractivity contribution in [3.63, 3.8) is 0 Å². The number of aliphatic carboxylic acids is 1. The van der Waals surface area contributed by atoms with E-state index in [4.69, 9.17) is 5.11 Å². The summed E-state index contributed by atoms with van der Waals surface area (Å²) in [4.78, 5) is 22.1. The minimum absolute atomic E-state index is 0.0347. The number of hydrogen-bond donors (Lipinski definition) is 2.